The Bertz CT molecular complexity index is 713. The molecule has 2 rings (SSSR count). The fraction of sp³-hybridized carbons (Fsp3) is 0.500. The zero-order valence-electron chi connectivity index (χ0n) is 17.7. The number of carboxylic acids is 1. The topological polar surface area (TPSA) is 142 Å². The molecule has 7 nitrogen and oxygen atoms in total. The summed E-state index contributed by atoms with van der Waals surface area (Å²) in [5.41, 5.74) is 0. The van der Waals surface area contributed by atoms with Crippen LogP contribution < -0.4 is 39.4 Å². The molecule has 0 aromatic heterocycles. The van der Waals surface area contributed by atoms with Crippen molar-refractivity contribution >= 4 is 17.6 Å². The number of benzene rings is 1. The van der Waals surface area contributed by atoms with Crippen molar-refractivity contribution in [1.29, 1.82) is 0 Å². The van der Waals surface area contributed by atoms with Crippen molar-refractivity contribution < 1.29 is 65.0 Å². The number of ether oxygens (including phenoxy) is 1. The van der Waals surface area contributed by atoms with Gasteiger partial charge in [0.15, 0.2) is 0 Å². The maximum atomic E-state index is 10.4. The summed E-state index contributed by atoms with van der Waals surface area (Å²) in [5.74, 6) is -0.947. The number of allylic oxidation sites excluding steroid dienone is 2. The van der Waals surface area contributed by atoms with Crippen LogP contribution in [0.4, 0.5) is 0 Å². The molecule has 0 aliphatic heterocycles. The van der Waals surface area contributed by atoms with E-state index in [4.69, 9.17) is 16.3 Å². The summed E-state index contributed by atoms with van der Waals surface area (Å²) >= 11 is 5.89. The number of halogens is 1. The first-order valence-electron chi connectivity index (χ1n) is 9.82. The molecule has 1 aliphatic carbocycles. The molecule has 0 radical (unpaired) electrons. The Morgan fingerprint density at radius 2 is 2.03 bits per heavy atom. The van der Waals surface area contributed by atoms with E-state index in [1.54, 1.807) is 36.4 Å². The summed E-state index contributed by atoms with van der Waals surface area (Å²) in [6.07, 6.45) is 6.93. The summed E-state index contributed by atoms with van der Waals surface area (Å²) in [6.45, 7) is 0.0468. The molecule has 0 bridgehead atoms. The number of aliphatic hydroxyl groups is 3. The summed E-state index contributed by atoms with van der Waals surface area (Å²) in [6, 6.07) is 6.89. The normalized spacial score (nSPS) is 24.0. The number of hydrogen-bond donors (Lipinski definition) is 3. The third kappa shape index (κ3) is 11.0. The predicted octanol–water partition coefficient (Wildman–Crippen LogP) is -1.96. The molecule has 1 saturated carbocycles. The van der Waals surface area contributed by atoms with Crippen molar-refractivity contribution in [2.75, 3.05) is 6.61 Å². The van der Waals surface area contributed by atoms with E-state index in [1.165, 1.54) is 0 Å². The minimum Gasteiger partial charge on any atom is -0.550 e. The maximum absolute atomic E-state index is 10.4. The molecule has 0 saturated heterocycles. The van der Waals surface area contributed by atoms with Crippen LogP contribution in [0.15, 0.2) is 48.6 Å². The second-order valence-electron chi connectivity index (χ2n) is 7.30. The Morgan fingerprint density at radius 3 is 2.71 bits per heavy atom. The van der Waals surface area contributed by atoms with Gasteiger partial charge in [0.2, 0.25) is 0 Å². The second-order valence-corrected chi connectivity index (χ2v) is 7.74. The number of carbonyl (C=O) groups excluding carboxylic acids is 1. The molecule has 31 heavy (non-hydrogen) atoms. The van der Waals surface area contributed by atoms with Gasteiger partial charge in [-0.3, -0.25) is 0 Å². The third-order valence-electron chi connectivity index (χ3n) is 5.01. The zero-order chi connectivity index (χ0) is 21.2. The fourth-order valence-corrected chi connectivity index (χ4v) is 3.67. The van der Waals surface area contributed by atoms with Gasteiger partial charge < -0.3 is 35.4 Å². The number of rotatable bonds is 11. The number of aliphatic carboxylic acids is 1. The van der Waals surface area contributed by atoms with Crippen LogP contribution in [0, 0.1) is 11.8 Å². The molecule has 1 aromatic rings. The number of carbonyl (C=O) groups is 1. The molecule has 168 valence electrons. The summed E-state index contributed by atoms with van der Waals surface area (Å²) in [4.78, 5) is 10.4. The monoisotopic (exact) mass is 464 g/mol. The minimum absolute atomic E-state index is 0. The Hall–Kier alpha value is -0.900. The largest absolute Gasteiger partial charge is 1.00 e. The van der Waals surface area contributed by atoms with Crippen LogP contribution in [0.1, 0.15) is 32.1 Å². The van der Waals surface area contributed by atoms with E-state index in [0.29, 0.717) is 30.0 Å². The van der Waals surface area contributed by atoms with Gasteiger partial charge in [-0.05, 0) is 49.8 Å². The van der Waals surface area contributed by atoms with Crippen molar-refractivity contribution in [2.45, 2.75) is 50.4 Å². The molecule has 1 aliphatic rings. The van der Waals surface area contributed by atoms with Crippen molar-refractivity contribution in [2.24, 2.45) is 11.8 Å². The van der Waals surface area contributed by atoms with E-state index in [0.717, 1.165) is 0 Å². The second kappa shape index (κ2) is 15.8. The van der Waals surface area contributed by atoms with Crippen molar-refractivity contribution in [3.05, 3.63) is 53.6 Å². The molecule has 0 spiro atoms. The van der Waals surface area contributed by atoms with E-state index in [2.05, 4.69) is 0 Å². The quantitative estimate of drug-likeness (QED) is 0.197. The first kappa shape index (κ1) is 30.1. The van der Waals surface area contributed by atoms with Crippen LogP contribution in [0.5, 0.6) is 5.75 Å². The van der Waals surface area contributed by atoms with Gasteiger partial charge in [-0.15, -0.1) is 0 Å². The Balaban J connectivity index is 0.00000450. The molecule has 0 unspecified atom stereocenters. The van der Waals surface area contributed by atoms with Gasteiger partial charge in [-0.1, -0.05) is 42.0 Å². The van der Waals surface area contributed by atoms with Crippen LogP contribution in [0.2, 0.25) is 5.02 Å². The third-order valence-corrected chi connectivity index (χ3v) is 5.25. The Labute approximate surface area is 210 Å². The van der Waals surface area contributed by atoms with Gasteiger partial charge in [0, 0.05) is 23.3 Å². The summed E-state index contributed by atoms with van der Waals surface area (Å²) < 4.78 is 5.50. The Kier molecular flexibility index (Phi) is 15.4. The Morgan fingerprint density at radius 1 is 1.29 bits per heavy atom. The van der Waals surface area contributed by atoms with Gasteiger partial charge in [-0.25, -0.2) is 0 Å². The van der Waals surface area contributed by atoms with Crippen LogP contribution in [0.3, 0.4) is 0 Å². The molecule has 0 amide bonds. The minimum atomic E-state index is -1.06. The van der Waals surface area contributed by atoms with E-state index in [9.17, 15) is 25.2 Å². The number of carboxylic acid groups (broad SMARTS) is 1. The number of hydrogen-bond acceptors (Lipinski definition) is 6. The molecular weight excluding hydrogens is 435 g/mol. The first-order valence-corrected chi connectivity index (χ1v) is 10.2. The van der Waals surface area contributed by atoms with Crippen molar-refractivity contribution in [1.82, 2.24) is 0 Å². The molecule has 9 heteroatoms. The average Bonchev–Trinajstić information content (AvgIpc) is 2.93. The smallest absolute Gasteiger partial charge is 0.550 e. The van der Waals surface area contributed by atoms with E-state index < -0.39 is 24.3 Å². The van der Waals surface area contributed by atoms with Gasteiger partial charge in [0.05, 0.1) is 12.2 Å². The molecule has 1 fully saturated rings. The van der Waals surface area contributed by atoms with Gasteiger partial charge >= 0.3 is 29.6 Å². The van der Waals surface area contributed by atoms with Gasteiger partial charge in [0.1, 0.15) is 18.5 Å². The number of unbranched alkanes of at least 4 members (excludes halogenated alkanes) is 1. The van der Waals surface area contributed by atoms with E-state index in [-0.39, 0.29) is 66.3 Å². The molecule has 1 aromatic carbocycles. The van der Waals surface area contributed by atoms with E-state index in [1.807, 2.05) is 12.2 Å². The molecule has 5 N–H and O–H groups in total. The summed E-state index contributed by atoms with van der Waals surface area (Å²) in [5, 5.41) is 41.6. The van der Waals surface area contributed by atoms with Gasteiger partial charge in [0.25, 0.3) is 0 Å². The molecule has 0 heterocycles. The van der Waals surface area contributed by atoms with Crippen LogP contribution in [-0.4, -0.2) is 51.7 Å². The molecule has 5 atom stereocenters. The SMILES string of the molecule is O.O=C([O-])CCC/C=C/C[C@@H]1[C@@H](C=C[C@@H](O)COc2cccc(Cl)c2)[C@H](O)C[C@@H]1O.[Na+]. The fourth-order valence-electron chi connectivity index (χ4n) is 3.49. The standard InChI is InChI=1S/C22H29ClO6.Na.H2O/c23-15-6-5-7-17(12-15)29-14-16(24)10-11-19-18(20(25)13-21(19)26)8-3-1-2-4-9-22(27)28;;/h1,3,5-7,10-12,16,18-21,24-26H,2,4,8-9,13-14H2,(H,27,28);;1H2/q;+1;/p-1/b3-1+,11-10?;;/t16-,18-,19-,20+,21-;;/m1../s1. The molecular formula is C22H30ClNaO7. The van der Waals surface area contributed by atoms with Crippen LogP contribution >= 0.6 is 11.6 Å². The maximum Gasteiger partial charge on any atom is 1.00 e. The van der Waals surface area contributed by atoms with Gasteiger partial charge in [-0.2, -0.15) is 0 Å². The first-order chi connectivity index (χ1) is 13.9. The van der Waals surface area contributed by atoms with Crippen LogP contribution in [0.25, 0.3) is 0 Å². The average molecular weight is 465 g/mol. The van der Waals surface area contributed by atoms with Crippen molar-refractivity contribution in [3.63, 3.8) is 0 Å². The predicted molar refractivity (Wildman–Crippen MR) is 112 cm³/mol. The number of aliphatic hydroxyl groups excluding tert-OH is 3. The zero-order valence-corrected chi connectivity index (χ0v) is 20.4. The summed E-state index contributed by atoms with van der Waals surface area (Å²) in [7, 11) is 0. The van der Waals surface area contributed by atoms with Crippen LogP contribution in [-0.2, 0) is 4.79 Å². The van der Waals surface area contributed by atoms with Crippen molar-refractivity contribution in [3.8, 4) is 5.75 Å². The van der Waals surface area contributed by atoms with E-state index >= 15 is 0 Å².